The Hall–Kier alpha value is -2.55. The van der Waals surface area contributed by atoms with Gasteiger partial charge in [-0.1, -0.05) is 11.8 Å². The molecule has 0 saturated heterocycles. The first-order valence-corrected chi connectivity index (χ1v) is 6.19. The Bertz CT molecular complexity index is 674. The number of ether oxygens (including phenoxy) is 1. The zero-order valence-electron chi connectivity index (χ0n) is 11.7. The molecule has 0 unspecified atom stereocenters. The van der Waals surface area contributed by atoms with Crippen LogP contribution in [0.1, 0.15) is 26.3 Å². The molecule has 0 radical (unpaired) electrons. The van der Waals surface area contributed by atoms with Crippen LogP contribution in [0, 0.1) is 11.8 Å². The minimum Gasteiger partial charge on any atom is -0.444 e. The molecule has 0 saturated carbocycles. The van der Waals surface area contributed by atoms with Gasteiger partial charge in [-0.15, -0.1) is 0 Å². The maximum atomic E-state index is 11.4. The molecule has 6 nitrogen and oxygen atoms in total. The van der Waals surface area contributed by atoms with Gasteiger partial charge in [-0.3, -0.25) is 10.1 Å². The Morgan fingerprint density at radius 3 is 3.00 bits per heavy atom. The summed E-state index contributed by atoms with van der Waals surface area (Å²) in [5.41, 5.74) is 1.87. The van der Waals surface area contributed by atoms with E-state index in [1.165, 1.54) is 0 Å². The fourth-order valence-corrected chi connectivity index (χ4v) is 1.48. The maximum absolute atomic E-state index is 11.4. The topological polar surface area (TPSA) is 79.9 Å². The van der Waals surface area contributed by atoms with Crippen LogP contribution in [0.25, 0.3) is 11.0 Å². The van der Waals surface area contributed by atoms with Crippen molar-refractivity contribution >= 4 is 17.1 Å². The number of fused-ring (bicyclic) bond motifs is 1. The highest BCUT2D eigenvalue weighted by atomic mass is 16.6. The number of nitrogens with zero attached hydrogens (tertiary/aromatic N) is 2. The molecule has 2 aromatic heterocycles. The summed E-state index contributed by atoms with van der Waals surface area (Å²) in [4.78, 5) is 15.6. The standard InChI is InChI=1S/C14H16N4O2/c1-14(2,3)20-13(19)15-6-4-5-10-7-11-12(16-8-10)9-17-18-11/h7-9H,6H2,1-3H3,(H,15,19)(H,17,18). The van der Waals surface area contributed by atoms with E-state index in [1.54, 1.807) is 12.4 Å². The van der Waals surface area contributed by atoms with E-state index in [9.17, 15) is 4.79 Å². The summed E-state index contributed by atoms with van der Waals surface area (Å²) >= 11 is 0. The summed E-state index contributed by atoms with van der Waals surface area (Å²) in [5, 5.41) is 9.28. The number of nitrogens with one attached hydrogen (secondary N) is 2. The van der Waals surface area contributed by atoms with Crippen molar-refractivity contribution in [2.24, 2.45) is 0 Å². The number of rotatable bonds is 1. The number of pyridine rings is 1. The number of hydrogen-bond donors (Lipinski definition) is 2. The fourth-order valence-electron chi connectivity index (χ4n) is 1.48. The molecule has 2 aromatic rings. The monoisotopic (exact) mass is 272 g/mol. The molecular formula is C14H16N4O2. The number of aromatic amines is 1. The first-order valence-electron chi connectivity index (χ1n) is 6.19. The lowest BCUT2D eigenvalue weighted by Crippen LogP contribution is -2.32. The summed E-state index contributed by atoms with van der Waals surface area (Å²) in [6.07, 6.45) is 2.84. The van der Waals surface area contributed by atoms with Crippen LogP contribution < -0.4 is 5.32 Å². The Morgan fingerprint density at radius 2 is 2.25 bits per heavy atom. The average Bonchev–Trinajstić information content (AvgIpc) is 2.79. The molecule has 0 spiro atoms. The van der Waals surface area contributed by atoms with Gasteiger partial charge < -0.3 is 10.1 Å². The second-order valence-electron chi connectivity index (χ2n) is 5.18. The van der Waals surface area contributed by atoms with Crippen molar-refractivity contribution in [3.8, 4) is 11.8 Å². The fraction of sp³-hybridized carbons (Fsp3) is 0.357. The van der Waals surface area contributed by atoms with Crippen molar-refractivity contribution < 1.29 is 9.53 Å². The van der Waals surface area contributed by atoms with E-state index in [0.29, 0.717) is 0 Å². The molecule has 6 heteroatoms. The molecule has 0 atom stereocenters. The quantitative estimate of drug-likeness (QED) is 0.776. The van der Waals surface area contributed by atoms with E-state index in [2.05, 4.69) is 32.3 Å². The van der Waals surface area contributed by atoms with E-state index < -0.39 is 11.7 Å². The molecule has 2 rings (SSSR count). The van der Waals surface area contributed by atoms with Crippen LogP contribution in [0.2, 0.25) is 0 Å². The smallest absolute Gasteiger partial charge is 0.408 e. The number of carbonyl (C=O) groups is 1. The van der Waals surface area contributed by atoms with Gasteiger partial charge in [0.15, 0.2) is 0 Å². The van der Waals surface area contributed by atoms with Crippen LogP contribution in [0.3, 0.4) is 0 Å². The lowest BCUT2D eigenvalue weighted by atomic mass is 10.2. The molecular weight excluding hydrogens is 256 g/mol. The molecule has 0 bridgehead atoms. The normalized spacial score (nSPS) is 10.8. The lowest BCUT2D eigenvalue weighted by molar-refractivity contribution is 0.0535. The third-order valence-corrected chi connectivity index (χ3v) is 2.24. The second-order valence-corrected chi connectivity index (χ2v) is 5.18. The van der Waals surface area contributed by atoms with Crippen LogP contribution in [-0.2, 0) is 4.74 Å². The van der Waals surface area contributed by atoms with Gasteiger partial charge in [0.1, 0.15) is 11.1 Å². The van der Waals surface area contributed by atoms with Crippen LogP contribution >= 0.6 is 0 Å². The highest BCUT2D eigenvalue weighted by Gasteiger charge is 2.14. The zero-order chi connectivity index (χ0) is 14.6. The van der Waals surface area contributed by atoms with Crippen molar-refractivity contribution in [1.29, 1.82) is 0 Å². The molecule has 0 aliphatic heterocycles. The SMILES string of the molecule is CC(C)(C)OC(=O)NCC#Cc1cnc2cn[nH]c2c1. The molecule has 0 aromatic carbocycles. The summed E-state index contributed by atoms with van der Waals surface area (Å²) in [6, 6.07) is 1.86. The maximum Gasteiger partial charge on any atom is 0.408 e. The van der Waals surface area contributed by atoms with Gasteiger partial charge in [0.05, 0.1) is 18.3 Å². The van der Waals surface area contributed by atoms with Gasteiger partial charge in [-0.25, -0.2) is 4.79 Å². The highest BCUT2D eigenvalue weighted by Crippen LogP contribution is 2.08. The predicted octanol–water partition coefficient (Wildman–Crippen LogP) is 1.83. The van der Waals surface area contributed by atoms with Crippen LogP contribution in [0.4, 0.5) is 4.79 Å². The summed E-state index contributed by atoms with van der Waals surface area (Å²) < 4.78 is 5.09. The second kappa shape index (κ2) is 5.61. The van der Waals surface area contributed by atoms with Gasteiger partial charge >= 0.3 is 6.09 Å². The summed E-state index contributed by atoms with van der Waals surface area (Å²) in [7, 11) is 0. The van der Waals surface area contributed by atoms with Crippen LogP contribution in [-0.4, -0.2) is 33.4 Å². The molecule has 0 fully saturated rings. The molecule has 104 valence electrons. The highest BCUT2D eigenvalue weighted by molar-refractivity contribution is 5.74. The van der Waals surface area contributed by atoms with Gasteiger partial charge in [0.25, 0.3) is 0 Å². The number of hydrogen-bond acceptors (Lipinski definition) is 4. The number of carbonyl (C=O) groups excluding carboxylic acids is 1. The van der Waals surface area contributed by atoms with Crippen molar-refractivity contribution in [2.45, 2.75) is 26.4 Å². The largest absolute Gasteiger partial charge is 0.444 e. The zero-order valence-corrected chi connectivity index (χ0v) is 11.7. The number of H-pyrrole nitrogens is 1. The first-order chi connectivity index (χ1) is 9.44. The van der Waals surface area contributed by atoms with Crippen molar-refractivity contribution in [3.63, 3.8) is 0 Å². The number of amides is 1. The van der Waals surface area contributed by atoms with Crippen molar-refractivity contribution in [1.82, 2.24) is 20.5 Å². The molecule has 20 heavy (non-hydrogen) atoms. The summed E-state index contributed by atoms with van der Waals surface area (Å²) in [6.45, 7) is 5.65. The molecule has 1 amide bonds. The van der Waals surface area contributed by atoms with Crippen LogP contribution in [0.15, 0.2) is 18.5 Å². The van der Waals surface area contributed by atoms with E-state index in [0.717, 1.165) is 16.6 Å². The molecule has 2 heterocycles. The Kier molecular flexibility index (Phi) is 3.89. The minimum absolute atomic E-state index is 0.218. The Morgan fingerprint density at radius 1 is 1.45 bits per heavy atom. The lowest BCUT2D eigenvalue weighted by Gasteiger charge is -2.18. The molecule has 0 aliphatic carbocycles. The van der Waals surface area contributed by atoms with E-state index >= 15 is 0 Å². The van der Waals surface area contributed by atoms with Gasteiger partial charge in [0.2, 0.25) is 0 Å². The molecule has 2 N–H and O–H groups in total. The first kappa shape index (κ1) is 13.9. The van der Waals surface area contributed by atoms with Gasteiger partial charge in [0, 0.05) is 11.8 Å². The Labute approximate surface area is 116 Å². The third-order valence-electron chi connectivity index (χ3n) is 2.24. The minimum atomic E-state index is -0.507. The average molecular weight is 272 g/mol. The number of alkyl carbamates (subject to hydrolysis) is 1. The Balaban J connectivity index is 1.89. The van der Waals surface area contributed by atoms with Crippen molar-refractivity contribution in [2.75, 3.05) is 6.54 Å². The van der Waals surface area contributed by atoms with E-state index in [-0.39, 0.29) is 6.54 Å². The van der Waals surface area contributed by atoms with E-state index in [1.807, 2.05) is 26.8 Å². The third kappa shape index (κ3) is 3.99. The van der Waals surface area contributed by atoms with Gasteiger partial charge in [-0.05, 0) is 26.8 Å². The van der Waals surface area contributed by atoms with Crippen molar-refractivity contribution in [3.05, 3.63) is 24.0 Å². The number of aromatic nitrogens is 3. The molecule has 0 aliphatic rings. The predicted molar refractivity (Wildman–Crippen MR) is 75.0 cm³/mol. The summed E-state index contributed by atoms with van der Waals surface area (Å²) in [5.74, 6) is 5.75. The van der Waals surface area contributed by atoms with Gasteiger partial charge in [-0.2, -0.15) is 5.10 Å². The van der Waals surface area contributed by atoms with Crippen LogP contribution in [0.5, 0.6) is 0 Å². The van der Waals surface area contributed by atoms with E-state index in [4.69, 9.17) is 4.74 Å².